The molecule has 6 heteroatoms. The van der Waals surface area contributed by atoms with Crippen molar-refractivity contribution in [3.8, 4) is 0 Å². The Balaban J connectivity index is 3.57. The fourth-order valence-electron chi connectivity index (χ4n) is 0.755. The average molecular weight is 217 g/mol. The summed E-state index contributed by atoms with van der Waals surface area (Å²) in [5.74, 6) is -1.43. The molecule has 0 saturated heterocycles. The molecule has 0 bridgehead atoms. The van der Waals surface area contributed by atoms with Gasteiger partial charge in [-0.1, -0.05) is 0 Å². The van der Waals surface area contributed by atoms with Crippen molar-refractivity contribution in [2.45, 2.75) is 19.8 Å². The number of hydrogen-bond acceptors (Lipinski definition) is 5. The summed E-state index contributed by atoms with van der Waals surface area (Å²) >= 11 is 0. The van der Waals surface area contributed by atoms with Crippen LogP contribution in [0.15, 0.2) is 0 Å². The van der Waals surface area contributed by atoms with Crippen LogP contribution in [0.25, 0.3) is 0 Å². The SMILES string of the molecule is CCOC(=O)COC(=O)CCC(=O)NC. The molecule has 0 fully saturated rings. The fraction of sp³-hybridized carbons (Fsp3) is 0.667. The van der Waals surface area contributed by atoms with Gasteiger partial charge in [-0.2, -0.15) is 0 Å². The Morgan fingerprint density at radius 1 is 1.07 bits per heavy atom. The number of amides is 1. The molecule has 0 aliphatic heterocycles. The molecule has 0 aromatic rings. The molecule has 6 nitrogen and oxygen atoms in total. The van der Waals surface area contributed by atoms with E-state index in [-0.39, 0.29) is 25.4 Å². The topological polar surface area (TPSA) is 81.7 Å². The van der Waals surface area contributed by atoms with E-state index in [1.54, 1.807) is 6.92 Å². The van der Waals surface area contributed by atoms with Gasteiger partial charge in [-0.05, 0) is 6.92 Å². The van der Waals surface area contributed by atoms with E-state index >= 15 is 0 Å². The van der Waals surface area contributed by atoms with Crippen LogP contribution in [0.5, 0.6) is 0 Å². The molecule has 0 aliphatic carbocycles. The third kappa shape index (κ3) is 7.48. The molecular weight excluding hydrogens is 202 g/mol. The molecule has 1 N–H and O–H groups in total. The molecule has 86 valence electrons. The third-order valence-electron chi connectivity index (χ3n) is 1.49. The summed E-state index contributed by atoms with van der Waals surface area (Å²) in [7, 11) is 1.48. The fourth-order valence-corrected chi connectivity index (χ4v) is 0.755. The maximum atomic E-state index is 11.0. The standard InChI is InChI=1S/C9H15NO5/c1-3-14-9(13)6-15-8(12)5-4-7(11)10-2/h3-6H2,1-2H3,(H,10,11). The summed E-state index contributed by atoms with van der Waals surface area (Å²) in [4.78, 5) is 32.5. The normalized spacial score (nSPS) is 9.20. The van der Waals surface area contributed by atoms with E-state index in [4.69, 9.17) is 0 Å². The molecule has 0 aliphatic rings. The average Bonchev–Trinajstić information content (AvgIpc) is 2.23. The maximum absolute atomic E-state index is 11.0. The lowest BCUT2D eigenvalue weighted by Gasteiger charge is -2.03. The van der Waals surface area contributed by atoms with E-state index in [2.05, 4.69) is 14.8 Å². The number of rotatable bonds is 6. The van der Waals surface area contributed by atoms with Gasteiger partial charge in [0.05, 0.1) is 13.0 Å². The molecule has 0 radical (unpaired) electrons. The van der Waals surface area contributed by atoms with Crippen molar-refractivity contribution in [3.05, 3.63) is 0 Å². The maximum Gasteiger partial charge on any atom is 0.344 e. The van der Waals surface area contributed by atoms with Crippen LogP contribution in [-0.2, 0) is 23.9 Å². The molecule has 1 amide bonds. The van der Waals surface area contributed by atoms with Gasteiger partial charge in [0.1, 0.15) is 0 Å². The van der Waals surface area contributed by atoms with E-state index in [1.165, 1.54) is 7.05 Å². The first-order valence-corrected chi connectivity index (χ1v) is 4.62. The van der Waals surface area contributed by atoms with Crippen LogP contribution < -0.4 is 5.32 Å². The van der Waals surface area contributed by atoms with Crippen molar-refractivity contribution in [2.24, 2.45) is 0 Å². The minimum atomic E-state index is -0.592. The van der Waals surface area contributed by atoms with Crippen LogP contribution in [0.4, 0.5) is 0 Å². The van der Waals surface area contributed by atoms with E-state index in [9.17, 15) is 14.4 Å². The van der Waals surface area contributed by atoms with Crippen LogP contribution in [0.1, 0.15) is 19.8 Å². The summed E-state index contributed by atoms with van der Waals surface area (Å²) in [6.07, 6.45) is 0.0111. The van der Waals surface area contributed by atoms with Gasteiger partial charge in [-0.3, -0.25) is 9.59 Å². The molecule has 0 atom stereocenters. The molecule has 15 heavy (non-hydrogen) atoms. The monoisotopic (exact) mass is 217 g/mol. The zero-order chi connectivity index (χ0) is 11.7. The van der Waals surface area contributed by atoms with E-state index in [1.807, 2.05) is 0 Å². The first-order valence-electron chi connectivity index (χ1n) is 4.62. The quantitative estimate of drug-likeness (QED) is 0.613. The highest BCUT2D eigenvalue weighted by Gasteiger charge is 2.09. The predicted molar refractivity (Wildman–Crippen MR) is 50.9 cm³/mol. The van der Waals surface area contributed by atoms with E-state index in [0.29, 0.717) is 0 Å². The largest absolute Gasteiger partial charge is 0.463 e. The second kappa shape index (κ2) is 7.78. The lowest BCUT2D eigenvalue weighted by atomic mass is 10.3. The van der Waals surface area contributed by atoms with Crippen LogP contribution in [0.2, 0.25) is 0 Å². The Morgan fingerprint density at radius 3 is 2.27 bits per heavy atom. The minimum Gasteiger partial charge on any atom is -0.463 e. The van der Waals surface area contributed by atoms with Crippen LogP contribution in [0, 0.1) is 0 Å². The molecular formula is C9H15NO5. The predicted octanol–water partition coefficient (Wildman–Crippen LogP) is -0.381. The zero-order valence-electron chi connectivity index (χ0n) is 8.87. The number of carbonyl (C=O) groups is 3. The zero-order valence-corrected chi connectivity index (χ0v) is 8.87. The summed E-state index contributed by atoms with van der Waals surface area (Å²) in [5.41, 5.74) is 0. The van der Waals surface area contributed by atoms with Crippen LogP contribution >= 0.6 is 0 Å². The molecule has 0 unspecified atom stereocenters. The van der Waals surface area contributed by atoms with Gasteiger partial charge < -0.3 is 14.8 Å². The molecule has 0 spiro atoms. The second-order valence-electron chi connectivity index (χ2n) is 2.64. The van der Waals surface area contributed by atoms with Crippen molar-refractivity contribution in [1.82, 2.24) is 5.32 Å². The van der Waals surface area contributed by atoms with Crippen LogP contribution in [0.3, 0.4) is 0 Å². The first-order chi connectivity index (χ1) is 7.10. The van der Waals surface area contributed by atoms with E-state index in [0.717, 1.165) is 0 Å². The van der Waals surface area contributed by atoms with Crippen molar-refractivity contribution >= 4 is 17.8 Å². The van der Waals surface area contributed by atoms with Gasteiger partial charge in [-0.15, -0.1) is 0 Å². The van der Waals surface area contributed by atoms with Gasteiger partial charge in [0, 0.05) is 13.5 Å². The molecule has 0 heterocycles. The highest BCUT2D eigenvalue weighted by molar-refractivity contribution is 5.82. The Hall–Kier alpha value is -1.59. The van der Waals surface area contributed by atoms with Crippen molar-refractivity contribution in [2.75, 3.05) is 20.3 Å². The highest BCUT2D eigenvalue weighted by Crippen LogP contribution is 1.93. The van der Waals surface area contributed by atoms with E-state index < -0.39 is 18.5 Å². The number of hydrogen-bond donors (Lipinski definition) is 1. The number of esters is 2. The Kier molecular flexibility index (Phi) is 6.96. The third-order valence-corrected chi connectivity index (χ3v) is 1.49. The molecule has 0 aromatic heterocycles. The van der Waals surface area contributed by atoms with Gasteiger partial charge in [0.15, 0.2) is 6.61 Å². The lowest BCUT2D eigenvalue weighted by molar-refractivity contribution is -0.158. The Labute approximate surface area is 87.9 Å². The summed E-state index contributed by atoms with van der Waals surface area (Å²) in [5, 5.41) is 2.37. The summed E-state index contributed by atoms with van der Waals surface area (Å²) < 4.78 is 9.10. The Morgan fingerprint density at radius 2 is 1.73 bits per heavy atom. The number of carbonyl (C=O) groups excluding carboxylic acids is 3. The lowest BCUT2D eigenvalue weighted by Crippen LogP contribution is -2.21. The first kappa shape index (κ1) is 13.4. The number of nitrogens with one attached hydrogen (secondary N) is 1. The van der Waals surface area contributed by atoms with Gasteiger partial charge in [0.25, 0.3) is 0 Å². The van der Waals surface area contributed by atoms with Crippen molar-refractivity contribution in [1.29, 1.82) is 0 Å². The van der Waals surface area contributed by atoms with Crippen molar-refractivity contribution < 1.29 is 23.9 Å². The molecule has 0 aromatic carbocycles. The molecule has 0 rings (SSSR count). The van der Waals surface area contributed by atoms with Gasteiger partial charge in [-0.25, -0.2) is 4.79 Å². The van der Waals surface area contributed by atoms with Gasteiger partial charge in [0.2, 0.25) is 5.91 Å². The smallest absolute Gasteiger partial charge is 0.344 e. The van der Waals surface area contributed by atoms with Crippen molar-refractivity contribution in [3.63, 3.8) is 0 Å². The minimum absolute atomic E-state index is 0.0426. The van der Waals surface area contributed by atoms with Crippen LogP contribution in [-0.4, -0.2) is 38.1 Å². The summed E-state index contributed by atoms with van der Waals surface area (Å²) in [6, 6.07) is 0. The Bertz CT molecular complexity index is 239. The summed E-state index contributed by atoms with van der Waals surface area (Å²) in [6.45, 7) is 1.50. The number of ether oxygens (including phenoxy) is 2. The second-order valence-corrected chi connectivity index (χ2v) is 2.64. The highest BCUT2D eigenvalue weighted by atomic mass is 16.6. The van der Waals surface area contributed by atoms with Gasteiger partial charge >= 0.3 is 11.9 Å². The molecule has 0 saturated carbocycles.